The van der Waals surface area contributed by atoms with Crippen molar-refractivity contribution >= 4 is 70.0 Å². The summed E-state index contributed by atoms with van der Waals surface area (Å²) >= 11 is 0. The van der Waals surface area contributed by atoms with E-state index in [0.717, 1.165) is 22.2 Å². The van der Waals surface area contributed by atoms with E-state index in [1.165, 1.54) is 43.2 Å². The second kappa shape index (κ2) is 8.96. The van der Waals surface area contributed by atoms with Gasteiger partial charge in [-0.15, -0.1) is 0 Å². The van der Waals surface area contributed by atoms with Gasteiger partial charge in [-0.2, -0.15) is 0 Å². The minimum atomic E-state index is -4.33. The standard InChI is InChI=1S/C25H16N3.C9H12O3S/c1-27-21-12-16-6-2-3-7-17(16)13-22(21)28-23(27)14-20-18-10-4-8-15-9-5-11-19(24(15)18)25(20)26-28;1-6-4-7(2)9(8(3)5-6)13(10,11)12/h2-14H,1H3;4-5H,1-3H3,(H,10,11,12)/q+1;/p-1. The topological polar surface area (TPSA) is 78.4 Å². The minimum Gasteiger partial charge on any atom is -0.744 e. The van der Waals surface area contributed by atoms with Gasteiger partial charge in [-0.1, -0.05) is 88.0 Å². The Labute approximate surface area is 237 Å². The van der Waals surface area contributed by atoms with Crippen LogP contribution in [0.4, 0.5) is 0 Å². The van der Waals surface area contributed by atoms with Crippen LogP contribution in [-0.4, -0.2) is 22.6 Å². The maximum atomic E-state index is 10.8. The molecule has 0 amide bonds. The minimum absolute atomic E-state index is 0.0851. The van der Waals surface area contributed by atoms with E-state index in [9.17, 15) is 13.0 Å². The van der Waals surface area contributed by atoms with E-state index in [1.807, 2.05) is 6.92 Å². The molecule has 0 bridgehead atoms. The maximum absolute atomic E-state index is 10.8. The van der Waals surface area contributed by atoms with Gasteiger partial charge in [0, 0.05) is 16.8 Å². The molecule has 8 rings (SSSR count). The van der Waals surface area contributed by atoms with Crippen LogP contribution in [0.15, 0.2) is 95.9 Å². The lowest BCUT2D eigenvalue weighted by atomic mass is 10.1. The summed E-state index contributed by atoms with van der Waals surface area (Å²) in [6.45, 7) is 5.12. The molecule has 6 aromatic carbocycles. The van der Waals surface area contributed by atoms with E-state index in [4.69, 9.17) is 5.10 Å². The van der Waals surface area contributed by atoms with Crippen LogP contribution in [0, 0.1) is 20.8 Å². The van der Waals surface area contributed by atoms with Crippen molar-refractivity contribution in [3.63, 3.8) is 0 Å². The van der Waals surface area contributed by atoms with Crippen molar-refractivity contribution in [3.8, 4) is 0 Å². The Morgan fingerprint density at radius 2 is 1.34 bits per heavy atom. The zero-order chi connectivity index (χ0) is 28.6. The highest BCUT2D eigenvalue weighted by atomic mass is 32.2. The van der Waals surface area contributed by atoms with Gasteiger partial charge in [0.05, 0.1) is 11.9 Å². The van der Waals surface area contributed by atoms with Gasteiger partial charge >= 0.3 is 5.65 Å². The summed E-state index contributed by atoms with van der Waals surface area (Å²) in [5, 5.41) is 14.0. The molecule has 0 saturated heterocycles. The third kappa shape index (κ3) is 3.92. The number of nitrogens with zero attached hydrogens (tertiary/aromatic N) is 3. The first-order chi connectivity index (χ1) is 19.6. The molecular weight excluding hydrogens is 530 g/mol. The van der Waals surface area contributed by atoms with E-state index >= 15 is 0 Å². The Bertz CT molecular complexity index is 2410. The van der Waals surface area contributed by atoms with Gasteiger partial charge in [0.2, 0.25) is 5.52 Å². The molecule has 0 aliphatic carbocycles. The Balaban J connectivity index is 0.000000181. The van der Waals surface area contributed by atoms with Crippen molar-refractivity contribution in [2.45, 2.75) is 25.7 Å². The Kier molecular flexibility index (Phi) is 5.55. The van der Waals surface area contributed by atoms with E-state index in [1.54, 1.807) is 26.0 Å². The first-order valence-electron chi connectivity index (χ1n) is 13.4. The van der Waals surface area contributed by atoms with Gasteiger partial charge in [-0.05, 0) is 71.0 Å². The van der Waals surface area contributed by atoms with Crippen molar-refractivity contribution in [2.75, 3.05) is 0 Å². The molecule has 0 fully saturated rings. The summed E-state index contributed by atoms with van der Waals surface area (Å²) in [6.07, 6.45) is 0. The zero-order valence-corrected chi connectivity index (χ0v) is 24.0. The van der Waals surface area contributed by atoms with Gasteiger partial charge < -0.3 is 4.55 Å². The number of aryl methyl sites for hydroxylation is 4. The molecule has 0 atom stereocenters. The Morgan fingerprint density at radius 3 is 2.00 bits per heavy atom. The zero-order valence-electron chi connectivity index (χ0n) is 23.1. The molecular formula is C34H27N3O3S. The number of hydrogen-bond acceptors (Lipinski definition) is 4. The molecule has 0 spiro atoms. The summed E-state index contributed by atoms with van der Waals surface area (Å²) in [6, 6.07) is 31.7. The van der Waals surface area contributed by atoms with Crippen LogP contribution in [0.1, 0.15) is 16.7 Å². The van der Waals surface area contributed by atoms with E-state index in [2.05, 4.69) is 95.0 Å². The fourth-order valence-electron chi connectivity index (χ4n) is 6.39. The highest BCUT2D eigenvalue weighted by Gasteiger charge is 2.22. The van der Waals surface area contributed by atoms with Crippen molar-refractivity contribution < 1.29 is 17.5 Å². The van der Waals surface area contributed by atoms with Crippen LogP contribution in [-0.2, 0) is 17.2 Å². The molecule has 2 aromatic heterocycles. The second-order valence-electron chi connectivity index (χ2n) is 10.8. The normalized spacial score (nSPS) is 12.2. The number of rotatable bonds is 1. The van der Waals surface area contributed by atoms with E-state index in [0.29, 0.717) is 11.1 Å². The van der Waals surface area contributed by atoms with Crippen molar-refractivity contribution in [3.05, 3.63) is 108 Å². The lowest BCUT2D eigenvalue weighted by Gasteiger charge is -2.14. The molecule has 8 aromatic rings. The lowest BCUT2D eigenvalue weighted by molar-refractivity contribution is -0.618. The number of fused-ring (bicyclic) bond motifs is 7. The molecule has 0 aliphatic heterocycles. The SMILES string of the molecule is C[n+]1c2cc3ccccc3cc2n2nc3c(cc21)c1cccc2cccc3c21.Cc1cc(C)c(S(=O)(=O)[O-])c(C)c1. The molecule has 41 heavy (non-hydrogen) atoms. The van der Waals surface area contributed by atoms with Crippen LogP contribution in [0.5, 0.6) is 0 Å². The van der Waals surface area contributed by atoms with Crippen molar-refractivity contribution in [1.82, 2.24) is 9.61 Å². The van der Waals surface area contributed by atoms with Crippen LogP contribution in [0.3, 0.4) is 0 Å². The van der Waals surface area contributed by atoms with Gasteiger partial charge in [-0.3, -0.25) is 0 Å². The first-order valence-corrected chi connectivity index (χ1v) is 14.8. The number of imidazole rings is 1. The smallest absolute Gasteiger partial charge is 0.308 e. The van der Waals surface area contributed by atoms with Crippen LogP contribution >= 0.6 is 0 Å². The lowest BCUT2D eigenvalue weighted by Crippen LogP contribution is -2.27. The highest BCUT2D eigenvalue weighted by Crippen LogP contribution is 2.37. The fourth-order valence-corrected chi connectivity index (χ4v) is 7.29. The van der Waals surface area contributed by atoms with Crippen LogP contribution in [0.2, 0.25) is 0 Å². The van der Waals surface area contributed by atoms with E-state index < -0.39 is 10.1 Å². The summed E-state index contributed by atoms with van der Waals surface area (Å²) in [5.74, 6) is 0. The number of benzene rings is 5. The van der Waals surface area contributed by atoms with Gasteiger partial charge in [0.1, 0.15) is 15.6 Å². The molecule has 0 unspecified atom stereocenters. The largest absolute Gasteiger partial charge is 0.744 e. The molecule has 6 nitrogen and oxygen atoms in total. The fraction of sp³-hybridized carbons (Fsp3) is 0.118. The summed E-state index contributed by atoms with van der Waals surface area (Å²) < 4.78 is 36.8. The van der Waals surface area contributed by atoms with Gasteiger partial charge in [0.15, 0.2) is 5.52 Å². The average Bonchev–Trinajstić information content (AvgIpc) is 3.38. The number of hydrogen-bond donors (Lipinski definition) is 0. The molecule has 2 heterocycles. The summed E-state index contributed by atoms with van der Waals surface area (Å²) in [4.78, 5) is -0.0851. The van der Waals surface area contributed by atoms with Gasteiger partial charge in [0.25, 0.3) is 0 Å². The third-order valence-electron chi connectivity index (χ3n) is 8.03. The predicted octanol–water partition coefficient (Wildman–Crippen LogP) is 6.88. The Hall–Kier alpha value is -4.59. The molecule has 0 radical (unpaired) electrons. The first kappa shape index (κ1) is 25.4. The van der Waals surface area contributed by atoms with Gasteiger partial charge in [-0.25, -0.2) is 13.0 Å². The summed E-state index contributed by atoms with van der Waals surface area (Å²) in [7, 11) is -2.20. The molecule has 0 saturated carbocycles. The average molecular weight is 558 g/mol. The molecule has 0 N–H and O–H groups in total. The second-order valence-corrected chi connectivity index (χ2v) is 12.1. The summed E-state index contributed by atoms with van der Waals surface area (Å²) in [5.41, 5.74) is 6.52. The van der Waals surface area contributed by atoms with Crippen molar-refractivity contribution in [1.29, 1.82) is 0 Å². The maximum Gasteiger partial charge on any atom is 0.308 e. The highest BCUT2D eigenvalue weighted by molar-refractivity contribution is 7.85. The molecule has 7 heteroatoms. The number of aromatic nitrogens is 3. The Morgan fingerprint density at radius 1 is 0.732 bits per heavy atom. The third-order valence-corrected chi connectivity index (χ3v) is 9.17. The molecule has 0 aliphatic rings. The van der Waals surface area contributed by atoms with Crippen LogP contribution in [0.25, 0.3) is 59.9 Å². The predicted molar refractivity (Wildman–Crippen MR) is 164 cm³/mol. The molecule has 202 valence electrons. The van der Waals surface area contributed by atoms with Crippen molar-refractivity contribution in [2.24, 2.45) is 7.05 Å². The quantitative estimate of drug-likeness (QED) is 0.163. The van der Waals surface area contributed by atoms with Crippen LogP contribution < -0.4 is 4.57 Å². The monoisotopic (exact) mass is 557 g/mol. The van der Waals surface area contributed by atoms with E-state index in [-0.39, 0.29) is 4.90 Å².